The fraction of sp³-hybridized carbons (Fsp3) is 0.364. The molecule has 72 valence electrons. The fourth-order valence-electron chi connectivity index (χ4n) is 1.88. The van der Waals surface area contributed by atoms with E-state index in [-0.39, 0.29) is 5.82 Å². The third kappa shape index (κ3) is 1.49. The number of nitriles is 1. The highest BCUT2D eigenvalue weighted by atomic mass is 19.1. The second-order valence-electron chi connectivity index (χ2n) is 3.86. The van der Waals surface area contributed by atoms with Gasteiger partial charge in [0, 0.05) is 6.42 Å². The summed E-state index contributed by atoms with van der Waals surface area (Å²) in [6, 6.07) is 6.81. The van der Waals surface area contributed by atoms with Gasteiger partial charge >= 0.3 is 0 Å². The first kappa shape index (κ1) is 9.17. The molecule has 0 saturated carbocycles. The summed E-state index contributed by atoms with van der Waals surface area (Å²) < 4.78 is 12.9. The summed E-state index contributed by atoms with van der Waals surface area (Å²) >= 11 is 0. The Bertz CT molecular complexity index is 408. The van der Waals surface area contributed by atoms with Crippen molar-refractivity contribution in [3.05, 3.63) is 35.1 Å². The van der Waals surface area contributed by atoms with Gasteiger partial charge in [-0.15, -0.1) is 0 Å². The van der Waals surface area contributed by atoms with Crippen LogP contribution in [0.15, 0.2) is 18.2 Å². The number of nitrogens with zero attached hydrogens (tertiary/aromatic N) is 1. The van der Waals surface area contributed by atoms with Gasteiger partial charge in [0.2, 0.25) is 0 Å². The van der Waals surface area contributed by atoms with Crippen LogP contribution in [0.1, 0.15) is 17.5 Å². The van der Waals surface area contributed by atoms with Gasteiger partial charge in [0.25, 0.3) is 0 Å². The van der Waals surface area contributed by atoms with Crippen molar-refractivity contribution in [1.29, 1.82) is 5.26 Å². The lowest BCUT2D eigenvalue weighted by atomic mass is 9.79. The number of hydrogen-bond donors (Lipinski definition) is 1. The molecule has 1 aromatic rings. The van der Waals surface area contributed by atoms with Crippen molar-refractivity contribution in [3.8, 4) is 6.07 Å². The summed E-state index contributed by atoms with van der Waals surface area (Å²) in [5.74, 6) is -0.258. The maximum atomic E-state index is 12.9. The molecule has 0 aromatic heterocycles. The molecule has 0 spiro atoms. The van der Waals surface area contributed by atoms with Gasteiger partial charge in [0.1, 0.15) is 11.4 Å². The minimum Gasteiger partial charge on any atom is -0.313 e. The molecule has 1 aliphatic carbocycles. The summed E-state index contributed by atoms with van der Waals surface area (Å²) in [5, 5.41) is 8.88. The monoisotopic (exact) mass is 190 g/mol. The average molecular weight is 190 g/mol. The van der Waals surface area contributed by atoms with E-state index in [1.54, 1.807) is 6.07 Å². The highest BCUT2D eigenvalue weighted by molar-refractivity contribution is 5.35. The first-order valence-corrected chi connectivity index (χ1v) is 4.60. The largest absolute Gasteiger partial charge is 0.313 e. The Labute approximate surface area is 82.1 Å². The zero-order valence-corrected chi connectivity index (χ0v) is 7.76. The maximum Gasteiger partial charge on any atom is 0.123 e. The van der Waals surface area contributed by atoms with E-state index in [2.05, 4.69) is 6.07 Å². The number of hydrogen-bond acceptors (Lipinski definition) is 2. The molecule has 0 amide bonds. The fourth-order valence-corrected chi connectivity index (χ4v) is 1.88. The molecule has 0 heterocycles. The Kier molecular flexibility index (Phi) is 2.01. The Morgan fingerprint density at radius 1 is 1.43 bits per heavy atom. The van der Waals surface area contributed by atoms with Crippen LogP contribution in [0.2, 0.25) is 0 Å². The summed E-state index contributed by atoms with van der Waals surface area (Å²) in [5.41, 5.74) is 7.02. The normalized spacial score (nSPS) is 25.2. The van der Waals surface area contributed by atoms with Crippen molar-refractivity contribution in [1.82, 2.24) is 0 Å². The third-order valence-corrected chi connectivity index (χ3v) is 2.74. The number of benzene rings is 1. The minimum absolute atomic E-state index is 0.258. The van der Waals surface area contributed by atoms with Crippen LogP contribution in [0.3, 0.4) is 0 Å². The summed E-state index contributed by atoms with van der Waals surface area (Å²) in [6.45, 7) is 0. The van der Waals surface area contributed by atoms with Crippen LogP contribution in [0, 0.1) is 17.1 Å². The van der Waals surface area contributed by atoms with Crippen molar-refractivity contribution in [2.75, 3.05) is 0 Å². The van der Waals surface area contributed by atoms with E-state index in [1.165, 1.54) is 12.1 Å². The molecule has 2 rings (SSSR count). The zero-order valence-electron chi connectivity index (χ0n) is 7.76. The molecule has 2 nitrogen and oxygen atoms in total. The van der Waals surface area contributed by atoms with Crippen molar-refractivity contribution in [2.45, 2.75) is 24.8 Å². The van der Waals surface area contributed by atoms with E-state index in [9.17, 15) is 4.39 Å². The Morgan fingerprint density at radius 2 is 2.21 bits per heavy atom. The van der Waals surface area contributed by atoms with E-state index in [1.807, 2.05) is 0 Å². The van der Waals surface area contributed by atoms with Gasteiger partial charge in [-0.3, -0.25) is 0 Å². The van der Waals surface area contributed by atoms with Crippen molar-refractivity contribution < 1.29 is 4.39 Å². The second-order valence-corrected chi connectivity index (χ2v) is 3.86. The van der Waals surface area contributed by atoms with Gasteiger partial charge < -0.3 is 5.73 Å². The third-order valence-electron chi connectivity index (χ3n) is 2.74. The number of nitrogens with two attached hydrogens (primary N) is 1. The first-order valence-electron chi connectivity index (χ1n) is 4.60. The molecule has 0 saturated heterocycles. The molecule has 0 radical (unpaired) electrons. The predicted octanol–water partition coefficient (Wildman–Crippen LogP) is 1.54. The van der Waals surface area contributed by atoms with E-state index < -0.39 is 5.54 Å². The van der Waals surface area contributed by atoms with Gasteiger partial charge in [0.05, 0.1) is 6.07 Å². The number of rotatable bonds is 0. The van der Waals surface area contributed by atoms with Crippen LogP contribution in [-0.2, 0) is 12.8 Å². The van der Waals surface area contributed by atoms with E-state index >= 15 is 0 Å². The summed E-state index contributed by atoms with van der Waals surface area (Å²) in [4.78, 5) is 0. The lowest BCUT2D eigenvalue weighted by molar-refractivity contribution is 0.467. The summed E-state index contributed by atoms with van der Waals surface area (Å²) in [6.07, 6.45) is 1.87. The maximum absolute atomic E-state index is 12.9. The molecule has 0 aliphatic heterocycles. The summed E-state index contributed by atoms with van der Waals surface area (Å²) in [7, 11) is 0. The molecule has 0 bridgehead atoms. The Morgan fingerprint density at radius 3 is 2.93 bits per heavy atom. The van der Waals surface area contributed by atoms with Crippen LogP contribution in [0.5, 0.6) is 0 Å². The molecule has 1 atom stereocenters. The molecule has 3 heteroatoms. The van der Waals surface area contributed by atoms with Gasteiger partial charge in [-0.1, -0.05) is 6.07 Å². The van der Waals surface area contributed by atoms with E-state index in [0.29, 0.717) is 12.8 Å². The van der Waals surface area contributed by atoms with Crippen LogP contribution >= 0.6 is 0 Å². The zero-order chi connectivity index (χ0) is 10.2. The van der Waals surface area contributed by atoms with Gasteiger partial charge in [-0.2, -0.15) is 5.26 Å². The quantitative estimate of drug-likeness (QED) is 0.674. The Hall–Kier alpha value is -1.40. The van der Waals surface area contributed by atoms with Gasteiger partial charge in [-0.05, 0) is 36.1 Å². The highest BCUT2D eigenvalue weighted by Gasteiger charge is 2.30. The number of fused-ring (bicyclic) bond motifs is 1. The highest BCUT2D eigenvalue weighted by Crippen LogP contribution is 2.27. The second kappa shape index (κ2) is 3.07. The molecular formula is C11H11FN2. The molecule has 1 unspecified atom stereocenters. The van der Waals surface area contributed by atoms with Crippen LogP contribution < -0.4 is 5.73 Å². The minimum atomic E-state index is -0.805. The van der Waals surface area contributed by atoms with E-state index in [4.69, 9.17) is 11.0 Å². The average Bonchev–Trinajstić information content (AvgIpc) is 2.17. The number of halogens is 1. The van der Waals surface area contributed by atoms with Crippen molar-refractivity contribution in [2.24, 2.45) is 5.73 Å². The standard InChI is InChI=1S/C11H11FN2/c12-10-2-1-8-3-4-11(14,7-13)6-9(8)5-10/h1-2,5H,3-4,6,14H2. The smallest absolute Gasteiger partial charge is 0.123 e. The molecule has 14 heavy (non-hydrogen) atoms. The lowest BCUT2D eigenvalue weighted by Crippen LogP contribution is -2.43. The van der Waals surface area contributed by atoms with E-state index in [0.717, 1.165) is 17.5 Å². The molecular weight excluding hydrogens is 179 g/mol. The van der Waals surface area contributed by atoms with Crippen molar-refractivity contribution >= 4 is 0 Å². The van der Waals surface area contributed by atoms with Crippen molar-refractivity contribution in [3.63, 3.8) is 0 Å². The molecule has 1 aromatic carbocycles. The Balaban J connectivity index is 2.39. The molecule has 0 fully saturated rings. The topological polar surface area (TPSA) is 49.8 Å². The van der Waals surface area contributed by atoms with Crippen LogP contribution in [0.4, 0.5) is 4.39 Å². The molecule has 1 aliphatic rings. The van der Waals surface area contributed by atoms with Gasteiger partial charge in [-0.25, -0.2) is 4.39 Å². The van der Waals surface area contributed by atoms with Crippen LogP contribution in [0.25, 0.3) is 0 Å². The molecule has 2 N–H and O–H groups in total. The SMILES string of the molecule is N#CC1(N)CCc2ccc(F)cc2C1. The number of aryl methyl sites for hydroxylation is 1. The van der Waals surface area contributed by atoms with Crippen LogP contribution in [-0.4, -0.2) is 5.54 Å². The van der Waals surface area contributed by atoms with Gasteiger partial charge in [0.15, 0.2) is 0 Å². The predicted molar refractivity (Wildman–Crippen MR) is 51.0 cm³/mol. The lowest BCUT2D eigenvalue weighted by Gasteiger charge is -2.28. The first-order chi connectivity index (χ1) is 6.63.